The van der Waals surface area contributed by atoms with Crippen molar-refractivity contribution >= 4 is 5.91 Å². The van der Waals surface area contributed by atoms with Gasteiger partial charge in [-0.05, 0) is 39.3 Å². The van der Waals surface area contributed by atoms with Gasteiger partial charge < -0.3 is 5.73 Å². The summed E-state index contributed by atoms with van der Waals surface area (Å²) in [5, 5.41) is 12.6. The average molecular weight is 252 g/mol. The molecule has 5 nitrogen and oxygen atoms in total. The Morgan fingerprint density at radius 1 is 1.67 bits per heavy atom. The molecule has 102 valence electrons. The van der Waals surface area contributed by atoms with E-state index >= 15 is 0 Å². The maximum absolute atomic E-state index is 11.2. The minimum Gasteiger partial charge on any atom is -0.369 e. The van der Waals surface area contributed by atoms with Gasteiger partial charge >= 0.3 is 0 Å². The van der Waals surface area contributed by atoms with Crippen molar-refractivity contribution in [2.24, 2.45) is 11.7 Å². The normalized spacial score (nSPS) is 24.2. The highest BCUT2D eigenvalue weighted by Gasteiger charge is 2.30. The number of amides is 1. The fourth-order valence-corrected chi connectivity index (χ4v) is 2.41. The van der Waals surface area contributed by atoms with Gasteiger partial charge in [-0.2, -0.15) is 5.26 Å². The third kappa shape index (κ3) is 4.28. The number of carbonyl (C=O) groups excluding carboxylic acids is 1. The van der Waals surface area contributed by atoms with Crippen molar-refractivity contribution in [3.05, 3.63) is 0 Å². The zero-order valence-corrected chi connectivity index (χ0v) is 11.4. The third-order valence-corrected chi connectivity index (χ3v) is 3.46. The Bertz CT molecular complexity index is 325. The van der Waals surface area contributed by atoms with Crippen molar-refractivity contribution in [1.29, 1.82) is 5.26 Å². The number of nitriles is 1. The van der Waals surface area contributed by atoms with Gasteiger partial charge in [0, 0.05) is 13.1 Å². The topological polar surface area (TPSA) is 82.2 Å². The second-order valence-electron chi connectivity index (χ2n) is 5.35. The lowest BCUT2D eigenvalue weighted by Gasteiger charge is -2.36. The molecule has 1 amide bonds. The highest BCUT2D eigenvalue weighted by atomic mass is 16.1. The van der Waals surface area contributed by atoms with Crippen LogP contribution in [0.4, 0.5) is 0 Å². The molecule has 1 rings (SSSR count). The Labute approximate surface area is 109 Å². The molecular formula is C13H24N4O. The van der Waals surface area contributed by atoms with Crippen molar-refractivity contribution < 1.29 is 4.79 Å². The molecule has 5 heteroatoms. The highest BCUT2D eigenvalue weighted by Crippen LogP contribution is 2.18. The van der Waals surface area contributed by atoms with Crippen LogP contribution in [-0.2, 0) is 4.79 Å². The molecule has 0 spiro atoms. The van der Waals surface area contributed by atoms with E-state index < -0.39 is 5.54 Å². The maximum Gasteiger partial charge on any atom is 0.221 e. The number of nitrogens with one attached hydrogen (secondary N) is 1. The summed E-state index contributed by atoms with van der Waals surface area (Å²) in [6, 6.07) is 2.34. The predicted molar refractivity (Wildman–Crippen MR) is 70.7 cm³/mol. The lowest BCUT2D eigenvalue weighted by atomic mass is 9.95. The molecule has 1 heterocycles. The van der Waals surface area contributed by atoms with E-state index in [1.165, 1.54) is 0 Å². The second kappa shape index (κ2) is 6.72. The summed E-state index contributed by atoms with van der Waals surface area (Å²) < 4.78 is 0. The molecule has 0 aliphatic carbocycles. The molecule has 1 aliphatic heterocycles. The number of piperidine rings is 1. The molecule has 0 aromatic rings. The standard InChI is InChI=1S/C13H24N4O/c1-3-6-16-13(2,9-14)10-17-7-4-5-11(8-17)12(15)18/h11,16H,3-8,10H2,1-2H3,(H2,15,18). The van der Waals surface area contributed by atoms with Gasteiger partial charge in [-0.3, -0.25) is 15.0 Å². The van der Waals surface area contributed by atoms with Gasteiger partial charge in [-0.15, -0.1) is 0 Å². The smallest absolute Gasteiger partial charge is 0.221 e. The van der Waals surface area contributed by atoms with Gasteiger partial charge in [0.15, 0.2) is 0 Å². The molecule has 0 aromatic heterocycles. The molecular weight excluding hydrogens is 228 g/mol. The number of likely N-dealkylation sites (tertiary alicyclic amines) is 1. The monoisotopic (exact) mass is 252 g/mol. The molecule has 2 unspecified atom stereocenters. The Morgan fingerprint density at radius 3 is 2.94 bits per heavy atom. The van der Waals surface area contributed by atoms with E-state index in [-0.39, 0.29) is 11.8 Å². The lowest BCUT2D eigenvalue weighted by molar-refractivity contribution is -0.123. The Kier molecular flexibility index (Phi) is 5.57. The minimum absolute atomic E-state index is 0.0622. The minimum atomic E-state index is -0.546. The summed E-state index contributed by atoms with van der Waals surface area (Å²) in [7, 11) is 0. The van der Waals surface area contributed by atoms with Gasteiger partial charge in [-0.1, -0.05) is 6.92 Å². The van der Waals surface area contributed by atoms with Crippen LogP contribution in [0.5, 0.6) is 0 Å². The maximum atomic E-state index is 11.2. The first-order valence-electron chi connectivity index (χ1n) is 6.68. The molecule has 0 bridgehead atoms. The number of primary amides is 1. The van der Waals surface area contributed by atoms with E-state index in [2.05, 4.69) is 23.2 Å². The van der Waals surface area contributed by atoms with Crippen LogP contribution in [0.3, 0.4) is 0 Å². The van der Waals surface area contributed by atoms with Gasteiger partial charge in [-0.25, -0.2) is 0 Å². The quantitative estimate of drug-likeness (QED) is 0.719. The SMILES string of the molecule is CCCNC(C)(C#N)CN1CCCC(C(N)=O)C1. The molecule has 3 N–H and O–H groups in total. The van der Waals surface area contributed by atoms with Crippen molar-refractivity contribution in [2.75, 3.05) is 26.2 Å². The first kappa shape index (κ1) is 14.9. The summed E-state index contributed by atoms with van der Waals surface area (Å²) >= 11 is 0. The van der Waals surface area contributed by atoms with Crippen molar-refractivity contribution in [3.63, 3.8) is 0 Å². The number of carbonyl (C=O) groups is 1. The van der Waals surface area contributed by atoms with E-state index in [4.69, 9.17) is 5.73 Å². The van der Waals surface area contributed by atoms with E-state index in [0.717, 1.165) is 32.4 Å². The van der Waals surface area contributed by atoms with Crippen LogP contribution < -0.4 is 11.1 Å². The Morgan fingerprint density at radius 2 is 2.39 bits per heavy atom. The Hall–Kier alpha value is -1.12. The van der Waals surface area contributed by atoms with E-state index in [9.17, 15) is 10.1 Å². The largest absolute Gasteiger partial charge is 0.369 e. The summed E-state index contributed by atoms with van der Waals surface area (Å²) in [5.41, 5.74) is 4.81. The van der Waals surface area contributed by atoms with Crippen LogP contribution in [0.25, 0.3) is 0 Å². The molecule has 2 atom stereocenters. The average Bonchev–Trinajstić information content (AvgIpc) is 2.36. The summed E-state index contributed by atoms with van der Waals surface area (Å²) in [5.74, 6) is -0.284. The summed E-state index contributed by atoms with van der Waals surface area (Å²) in [6.45, 7) is 7.09. The van der Waals surface area contributed by atoms with Crippen LogP contribution >= 0.6 is 0 Å². The first-order valence-corrected chi connectivity index (χ1v) is 6.68. The van der Waals surface area contributed by atoms with Crippen molar-refractivity contribution in [2.45, 2.75) is 38.6 Å². The molecule has 1 fully saturated rings. The van der Waals surface area contributed by atoms with E-state index in [1.807, 2.05) is 6.92 Å². The van der Waals surface area contributed by atoms with Gasteiger partial charge in [0.25, 0.3) is 0 Å². The van der Waals surface area contributed by atoms with Crippen LogP contribution in [-0.4, -0.2) is 42.5 Å². The number of rotatable bonds is 6. The number of hydrogen-bond acceptors (Lipinski definition) is 4. The molecule has 18 heavy (non-hydrogen) atoms. The first-order chi connectivity index (χ1) is 8.50. The summed E-state index contributed by atoms with van der Waals surface area (Å²) in [6.07, 6.45) is 2.85. The highest BCUT2D eigenvalue weighted by molar-refractivity contribution is 5.76. The van der Waals surface area contributed by atoms with Crippen LogP contribution in [0, 0.1) is 17.2 Å². The second-order valence-corrected chi connectivity index (χ2v) is 5.35. The number of hydrogen-bond donors (Lipinski definition) is 2. The molecule has 0 radical (unpaired) electrons. The molecule has 1 saturated heterocycles. The Balaban J connectivity index is 2.54. The zero-order chi connectivity index (χ0) is 13.6. The van der Waals surface area contributed by atoms with Gasteiger partial charge in [0.05, 0.1) is 12.0 Å². The van der Waals surface area contributed by atoms with E-state index in [0.29, 0.717) is 13.1 Å². The molecule has 1 aliphatic rings. The van der Waals surface area contributed by atoms with Crippen LogP contribution in [0.1, 0.15) is 33.1 Å². The van der Waals surface area contributed by atoms with Crippen molar-refractivity contribution in [3.8, 4) is 6.07 Å². The number of nitrogens with zero attached hydrogens (tertiary/aromatic N) is 2. The molecule has 0 saturated carbocycles. The zero-order valence-electron chi connectivity index (χ0n) is 11.4. The fraction of sp³-hybridized carbons (Fsp3) is 0.846. The number of nitrogens with two attached hydrogens (primary N) is 1. The molecule has 0 aromatic carbocycles. The van der Waals surface area contributed by atoms with Gasteiger partial charge in [0.1, 0.15) is 5.54 Å². The third-order valence-electron chi connectivity index (χ3n) is 3.46. The van der Waals surface area contributed by atoms with E-state index in [1.54, 1.807) is 0 Å². The van der Waals surface area contributed by atoms with Crippen LogP contribution in [0.15, 0.2) is 0 Å². The van der Waals surface area contributed by atoms with Crippen molar-refractivity contribution in [1.82, 2.24) is 10.2 Å². The lowest BCUT2D eigenvalue weighted by Crippen LogP contribution is -2.53. The van der Waals surface area contributed by atoms with Crippen LogP contribution in [0.2, 0.25) is 0 Å². The fourth-order valence-electron chi connectivity index (χ4n) is 2.41. The summed E-state index contributed by atoms with van der Waals surface area (Å²) in [4.78, 5) is 13.4. The predicted octanol–water partition coefficient (Wildman–Crippen LogP) is 0.466. The van der Waals surface area contributed by atoms with Gasteiger partial charge in [0.2, 0.25) is 5.91 Å².